The Morgan fingerprint density at radius 3 is 2.31 bits per heavy atom. The summed E-state index contributed by atoms with van der Waals surface area (Å²) in [6.07, 6.45) is 0. The van der Waals surface area contributed by atoms with Gasteiger partial charge in [0, 0.05) is 0 Å². The zero-order valence-corrected chi connectivity index (χ0v) is 14.5. The van der Waals surface area contributed by atoms with E-state index in [1.54, 1.807) is 18.2 Å². The molecule has 3 rings (SSSR count). The van der Waals surface area contributed by atoms with Crippen LogP contribution >= 0.6 is 0 Å². The molecule has 0 aliphatic heterocycles. The molecule has 3 aromatic rings. The predicted molar refractivity (Wildman–Crippen MR) is 94.7 cm³/mol. The first-order chi connectivity index (χ1) is 12.3. The van der Waals surface area contributed by atoms with Crippen molar-refractivity contribution in [1.82, 2.24) is 0 Å². The molecule has 3 aromatic carbocycles. The Kier molecular flexibility index (Phi) is 4.48. The summed E-state index contributed by atoms with van der Waals surface area (Å²) in [7, 11) is -4.26. The summed E-state index contributed by atoms with van der Waals surface area (Å²) in [6.45, 7) is 1.81. The van der Waals surface area contributed by atoms with Crippen LogP contribution in [-0.2, 0) is 14.3 Å². The first-order valence-corrected chi connectivity index (χ1v) is 9.00. The normalized spacial score (nSPS) is 11.3. The van der Waals surface area contributed by atoms with Crippen molar-refractivity contribution in [1.29, 1.82) is 0 Å². The number of benzene rings is 3. The first kappa shape index (κ1) is 17.6. The van der Waals surface area contributed by atoms with Gasteiger partial charge < -0.3 is 9.29 Å². The van der Waals surface area contributed by atoms with Gasteiger partial charge in [0.2, 0.25) is 0 Å². The Morgan fingerprint density at radius 2 is 1.65 bits per heavy atom. The van der Waals surface area contributed by atoms with E-state index in [1.807, 2.05) is 6.92 Å². The van der Waals surface area contributed by atoms with E-state index in [0.29, 0.717) is 10.8 Å². The standard InChI is InChI=1S/C19H14O6S/c1-12-5-8-15(9-6-12)26(23,24)25-19(22)17-4-2-3-13-11-14(18(20)21)7-10-16(13)17/h2-11H,1H3,(H,20,21). The summed E-state index contributed by atoms with van der Waals surface area (Å²) >= 11 is 0. The van der Waals surface area contributed by atoms with Crippen molar-refractivity contribution in [3.05, 3.63) is 77.4 Å². The van der Waals surface area contributed by atoms with E-state index in [-0.39, 0.29) is 16.0 Å². The molecule has 0 bridgehead atoms. The molecule has 0 radical (unpaired) electrons. The number of hydrogen-bond donors (Lipinski definition) is 1. The highest BCUT2D eigenvalue weighted by molar-refractivity contribution is 7.87. The Balaban J connectivity index is 1.97. The van der Waals surface area contributed by atoms with Crippen LogP contribution in [0.3, 0.4) is 0 Å². The molecule has 0 saturated carbocycles. The van der Waals surface area contributed by atoms with E-state index in [9.17, 15) is 18.0 Å². The smallest absolute Gasteiger partial charge is 0.354 e. The van der Waals surface area contributed by atoms with Crippen LogP contribution in [0.5, 0.6) is 0 Å². The summed E-state index contributed by atoms with van der Waals surface area (Å²) in [6, 6.07) is 14.7. The fourth-order valence-corrected chi connectivity index (χ4v) is 3.35. The quantitative estimate of drug-likeness (QED) is 0.707. The number of aryl methyl sites for hydroxylation is 1. The molecule has 6 nitrogen and oxygen atoms in total. The number of carbonyl (C=O) groups is 2. The maximum absolute atomic E-state index is 12.4. The van der Waals surface area contributed by atoms with Crippen LogP contribution in [0.25, 0.3) is 10.8 Å². The van der Waals surface area contributed by atoms with E-state index < -0.39 is 22.1 Å². The van der Waals surface area contributed by atoms with Crippen molar-refractivity contribution in [2.45, 2.75) is 11.8 Å². The maximum Gasteiger partial charge on any atom is 0.354 e. The second-order valence-corrected chi connectivity index (χ2v) is 7.23. The summed E-state index contributed by atoms with van der Waals surface area (Å²) in [5.41, 5.74) is 0.976. The van der Waals surface area contributed by atoms with Gasteiger partial charge in [-0.05, 0) is 48.0 Å². The third kappa shape index (κ3) is 3.43. The Hall–Kier alpha value is -3.19. The second kappa shape index (κ2) is 6.61. The molecule has 0 amide bonds. The highest BCUT2D eigenvalue weighted by Crippen LogP contribution is 2.23. The predicted octanol–water partition coefficient (Wildman–Crippen LogP) is 3.39. The number of aromatic carboxylic acids is 1. The first-order valence-electron chi connectivity index (χ1n) is 7.59. The van der Waals surface area contributed by atoms with Crippen LogP contribution in [0, 0.1) is 6.92 Å². The van der Waals surface area contributed by atoms with Gasteiger partial charge in [-0.3, -0.25) is 0 Å². The van der Waals surface area contributed by atoms with Crippen LogP contribution < -0.4 is 0 Å². The topological polar surface area (TPSA) is 97.7 Å². The van der Waals surface area contributed by atoms with Crippen LogP contribution in [0.4, 0.5) is 0 Å². The highest BCUT2D eigenvalue weighted by Gasteiger charge is 2.22. The third-order valence-electron chi connectivity index (χ3n) is 3.84. The maximum atomic E-state index is 12.4. The molecule has 0 heterocycles. The second-order valence-electron chi connectivity index (χ2n) is 5.68. The van der Waals surface area contributed by atoms with Crippen molar-refractivity contribution in [3.8, 4) is 0 Å². The van der Waals surface area contributed by atoms with E-state index in [4.69, 9.17) is 9.29 Å². The van der Waals surface area contributed by atoms with Crippen LogP contribution in [0.15, 0.2) is 65.6 Å². The van der Waals surface area contributed by atoms with Gasteiger partial charge in [-0.25, -0.2) is 9.59 Å². The van der Waals surface area contributed by atoms with Crippen molar-refractivity contribution in [2.75, 3.05) is 0 Å². The van der Waals surface area contributed by atoms with Gasteiger partial charge in [-0.15, -0.1) is 0 Å². The lowest BCUT2D eigenvalue weighted by Gasteiger charge is -2.09. The van der Waals surface area contributed by atoms with Crippen LogP contribution in [-0.4, -0.2) is 25.5 Å². The molecule has 0 saturated heterocycles. The Morgan fingerprint density at radius 1 is 0.962 bits per heavy atom. The van der Waals surface area contributed by atoms with E-state index in [2.05, 4.69) is 0 Å². The lowest BCUT2D eigenvalue weighted by atomic mass is 10.0. The zero-order valence-electron chi connectivity index (χ0n) is 13.7. The number of carboxylic acids is 1. The molecule has 0 spiro atoms. The van der Waals surface area contributed by atoms with Gasteiger partial charge in [0.05, 0.1) is 11.1 Å². The monoisotopic (exact) mass is 370 g/mol. The molecule has 0 aliphatic carbocycles. The molecule has 0 atom stereocenters. The van der Waals surface area contributed by atoms with E-state index in [0.717, 1.165) is 5.56 Å². The summed E-state index contributed by atoms with van der Waals surface area (Å²) < 4.78 is 29.3. The largest absolute Gasteiger partial charge is 0.478 e. The lowest BCUT2D eigenvalue weighted by Crippen LogP contribution is -2.14. The Labute approximate surface area is 149 Å². The Bertz CT molecular complexity index is 1110. The summed E-state index contributed by atoms with van der Waals surface area (Å²) in [5.74, 6) is -2.12. The van der Waals surface area contributed by atoms with Crippen molar-refractivity contribution < 1.29 is 27.3 Å². The molecule has 0 fully saturated rings. The molecule has 0 aromatic heterocycles. The molecular weight excluding hydrogens is 356 g/mol. The molecule has 1 N–H and O–H groups in total. The fraction of sp³-hybridized carbons (Fsp3) is 0.0526. The SMILES string of the molecule is Cc1ccc(S(=O)(=O)OC(=O)c2cccc3cc(C(=O)O)ccc23)cc1. The number of carbonyl (C=O) groups excluding carboxylic acids is 1. The van der Waals surface area contributed by atoms with Gasteiger partial charge >= 0.3 is 22.1 Å². The van der Waals surface area contributed by atoms with E-state index >= 15 is 0 Å². The molecular formula is C19H14O6S. The molecule has 0 aliphatic rings. The molecule has 26 heavy (non-hydrogen) atoms. The third-order valence-corrected chi connectivity index (χ3v) is 5.06. The van der Waals surface area contributed by atoms with Crippen LogP contribution in [0.1, 0.15) is 26.3 Å². The van der Waals surface area contributed by atoms with Gasteiger partial charge in [0.25, 0.3) is 0 Å². The zero-order chi connectivity index (χ0) is 18.9. The fourth-order valence-electron chi connectivity index (χ4n) is 2.49. The van der Waals surface area contributed by atoms with Crippen LogP contribution in [0.2, 0.25) is 0 Å². The van der Waals surface area contributed by atoms with Crippen molar-refractivity contribution >= 4 is 32.8 Å². The van der Waals surface area contributed by atoms with Gasteiger partial charge in [-0.1, -0.05) is 35.9 Å². The number of rotatable bonds is 4. The summed E-state index contributed by atoms with van der Waals surface area (Å²) in [4.78, 5) is 23.4. The highest BCUT2D eigenvalue weighted by atomic mass is 32.2. The minimum absolute atomic E-state index is 0.0372. The minimum atomic E-state index is -4.26. The van der Waals surface area contributed by atoms with Gasteiger partial charge in [0.15, 0.2) is 0 Å². The van der Waals surface area contributed by atoms with Gasteiger partial charge in [-0.2, -0.15) is 8.42 Å². The number of carboxylic acid groups (broad SMARTS) is 1. The number of hydrogen-bond acceptors (Lipinski definition) is 5. The molecule has 7 heteroatoms. The number of fused-ring (bicyclic) bond motifs is 1. The van der Waals surface area contributed by atoms with Crippen molar-refractivity contribution in [3.63, 3.8) is 0 Å². The molecule has 0 unspecified atom stereocenters. The minimum Gasteiger partial charge on any atom is -0.478 e. The van der Waals surface area contributed by atoms with Crippen molar-refractivity contribution in [2.24, 2.45) is 0 Å². The summed E-state index contributed by atoms with van der Waals surface area (Å²) in [5, 5.41) is 9.95. The van der Waals surface area contributed by atoms with E-state index in [1.165, 1.54) is 42.5 Å². The molecule has 132 valence electrons. The average Bonchev–Trinajstić information content (AvgIpc) is 2.60. The van der Waals surface area contributed by atoms with Gasteiger partial charge in [0.1, 0.15) is 4.90 Å². The lowest BCUT2D eigenvalue weighted by molar-refractivity contribution is 0.0695. The average molecular weight is 370 g/mol.